The third-order valence-corrected chi connectivity index (χ3v) is 12.3. The average Bonchev–Trinajstić information content (AvgIpc) is 3.63. The molecule has 1 N–H and O–H groups in total. The van der Waals surface area contributed by atoms with Gasteiger partial charge in [-0.15, -0.1) is 0 Å². The smallest absolute Gasteiger partial charge is 0.410 e. The summed E-state index contributed by atoms with van der Waals surface area (Å²) in [5, 5.41) is 14.0. The summed E-state index contributed by atoms with van der Waals surface area (Å²) in [6.45, 7) is 5.27. The molecule has 2 amide bonds. The number of aliphatic hydroxyl groups is 1. The zero-order valence-corrected chi connectivity index (χ0v) is 29.7. The number of β-amino-alcohol motifs (C(OH)–C–C–N with tert-alkyl or cyclic N) is 1. The number of anilines is 1. The third-order valence-electron chi connectivity index (χ3n) is 12.3. The number of hydrogen-bond donors (Lipinski definition) is 1. The predicted molar refractivity (Wildman–Crippen MR) is 190 cm³/mol. The number of fused-ring (bicyclic) bond motifs is 3. The quantitative estimate of drug-likeness (QED) is 0.236. The molecule has 1 atom stereocenters. The molecule has 0 radical (unpaired) electrons. The van der Waals surface area contributed by atoms with E-state index < -0.39 is 12.2 Å². The van der Waals surface area contributed by atoms with Crippen molar-refractivity contribution in [3.05, 3.63) is 65.7 Å². The van der Waals surface area contributed by atoms with Crippen LogP contribution in [0.5, 0.6) is 5.75 Å². The molecule has 1 unspecified atom stereocenters. The van der Waals surface area contributed by atoms with Gasteiger partial charge in [0, 0.05) is 24.2 Å². The van der Waals surface area contributed by atoms with E-state index in [1.165, 1.54) is 16.5 Å². The minimum Gasteiger partial charge on any atom is -0.496 e. The fourth-order valence-corrected chi connectivity index (χ4v) is 8.92. The molecule has 3 aromatic rings. The van der Waals surface area contributed by atoms with Crippen LogP contribution in [0.4, 0.5) is 14.9 Å². The molecule has 1 saturated heterocycles. The number of rotatable bonds is 10. The standard InChI is InChI=1S/C40H51FN4O5/c1-27-19-32(10-12-36(27)49-3)40-16-13-39(14-17-40,15-18-40)26-44(37(47)29-7-5-4-6-8-29)35-20-30(9-11-34(35)41)31-21-42-45(22-31)28(2)25-50-38(48)43-23-33(46)24-43/h9-12,19-22,28-29,33,46H,4-8,13-18,23-26H2,1-3H3. The second kappa shape index (κ2) is 14.0. The Morgan fingerprint density at radius 3 is 2.40 bits per heavy atom. The number of carbonyl (C=O) groups is 2. The molecule has 5 aliphatic rings. The predicted octanol–water partition coefficient (Wildman–Crippen LogP) is 7.59. The molecule has 2 bridgehead atoms. The summed E-state index contributed by atoms with van der Waals surface area (Å²) >= 11 is 0. The molecule has 4 aliphatic carbocycles. The number of carbonyl (C=O) groups excluding carboxylic acids is 2. The maximum Gasteiger partial charge on any atom is 0.410 e. The van der Waals surface area contributed by atoms with Crippen molar-refractivity contribution in [2.75, 3.05) is 38.3 Å². The Balaban J connectivity index is 1.10. The number of aliphatic hydroxyl groups excluding tert-OH is 1. The summed E-state index contributed by atoms with van der Waals surface area (Å²) in [5.74, 6) is 0.513. The van der Waals surface area contributed by atoms with Crippen molar-refractivity contribution in [3.8, 4) is 16.9 Å². The molecule has 1 aromatic heterocycles. The van der Waals surface area contributed by atoms with Crippen LogP contribution in [0.2, 0.25) is 0 Å². The number of hydrogen-bond acceptors (Lipinski definition) is 6. The summed E-state index contributed by atoms with van der Waals surface area (Å²) in [6, 6.07) is 11.4. The summed E-state index contributed by atoms with van der Waals surface area (Å²) in [4.78, 5) is 29.9. The Morgan fingerprint density at radius 2 is 1.74 bits per heavy atom. The first kappa shape index (κ1) is 34.5. The highest BCUT2D eigenvalue weighted by Gasteiger charge is 2.51. The second-order valence-electron chi connectivity index (χ2n) is 15.6. The molecular weight excluding hydrogens is 635 g/mol. The highest BCUT2D eigenvalue weighted by Crippen LogP contribution is 2.58. The van der Waals surface area contributed by atoms with Crippen molar-refractivity contribution in [3.63, 3.8) is 0 Å². The molecule has 2 heterocycles. The zero-order valence-electron chi connectivity index (χ0n) is 29.7. The molecule has 268 valence electrons. The van der Waals surface area contributed by atoms with Crippen LogP contribution < -0.4 is 9.64 Å². The first-order chi connectivity index (χ1) is 24.1. The summed E-state index contributed by atoms with van der Waals surface area (Å²) in [7, 11) is 1.72. The normalized spacial score (nSPS) is 24.5. The fourth-order valence-electron chi connectivity index (χ4n) is 8.92. The van der Waals surface area contributed by atoms with Crippen molar-refractivity contribution >= 4 is 17.7 Å². The molecule has 2 aromatic carbocycles. The van der Waals surface area contributed by atoms with E-state index in [-0.39, 0.29) is 54.2 Å². The fraction of sp³-hybridized carbons (Fsp3) is 0.575. The van der Waals surface area contributed by atoms with Gasteiger partial charge in [-0.3, -0.25) is 9.48 Å². The van der Waals surface area contributed by atoms with Crippen LogP contribution in [0.25, 0.3) is 11.1 Å². The molecule has 50 heavy (non-hydrogen) atoms. The zero-order chi connectivity index (χ0) is 35.0. The minimum absolute atomic E-state index is 0.0398. The van der Waals surface area contributed by atoms with Crippen LogP contribution >= 0.6 is 0 Å². The highest BCUT2D eigenvalue weighted by atomic mass is 19.1. The van der Waals surface area contributed by atoms with Gasteiger partial charge in [-0.1, -0.05) is 37.5 Å². The van der Waals surface area contributed by atoms with Gasteiger partial charge in [-0.25, -0.2) is 9.18 Å². The monoisotopic (exact) mass is 686 g/mol. The van der Waals surface area contributed by atoms with Crippen LogP contribution in [-0.4, -0.2) is 71.2 Å². The summed E-state index contributed by atoms with van der Waals surface area (Å²) < 4.78 is 28.7. The number of methoxy groups -OCH3 is 1. The number of benzene rings is 2. The van der Waals surface area contributed by atoms with E-state index in [4.69, 9.17) is 9.47 Å². The lowest BCUT2D eigenvalue weighted by Gasteiger charge is -2.55. The van der Waals surface area contributed by atoms with Crippen LogP contribution in [0.3, 0.4) is 0 Å². The van der Waals surface area contributed by atoms with Crippen LogP contribution in [0.1, 0.15) is 94.7 Å². The van der Waals surface area contributed by atoms with Gasteiger partial charge < -0.3 is 24.4 Å². The van der Waals surface area contributed by atoms with E-state index in [2.05, 4.69) is 30.2 Å². The van der Waals surface area contributed by atoms with Gasteiger partial charge in [-0.2, -0.15) is 5.10 Å². The maximum atomic E-state index is 16.0. The van der Waals surface area contributed by atoms with Crippen molar-refractivity contribution in [1.29, 1.82) is 0 Å². The van der Waals surface area contributed by atoms with Gasteiger partial charge >= 0.3 is 6.09 Å². The van der Waals surface area contributed by atoms with Gasteiger partial charge in [0.05, 0.1) is 44.2 Å². The van der Waals surface area contributed by atoms with Crippen LogP contribution in [0, 0.1) is 24.1 Å². The lowest BCUT2D eigenvalue weighted by atomic mass is 9.51. The van der Waals surface area contributed by atoms with E-state index in [0.29, 0.717) is 12.2 Å². The molecular formula is C40H51FN4O5. The van der Waals surface area contributed by atoms with Gasteiger partial charge in [0.25, 0.3) is 0 Å². The number of amides is 2. The Bertz CT molecular complexity index is 1690. The first-order valence-electron chi connectivity index (χ1n) is 18.5. The molecule has 10 heteroatoms. The Morgan fingerprint density at radius 1 is 1.02 bits per heavy atom. The second-order valence-corrected chi connectivity index (χ2v) is 15.6. The van der Waals surface area contributed by atoms with Gasteiger partial charge in [0.1, 0.15) is 18.2 Å². The van der Waals surface area contributed by atoms with Crippen molar-refractivity contribution in [1.82, 2.24) is 14.7 Å². The van der Waals surface area contributed by atoms with Crippen molar-refractivity contribution in [2.24, 2.45) is 11.3 Å². The molecule has 1 aliphatic heterocycles. The molecule has 8 rings (SSSR count). The third kappa shape index (κ3) is 6.75. The van der Waals surface area contributed by atoms with Crippen LogP contribution in [0.15, 0.2) is 48.8 Å². The Hall–Kier alpha value is -3.92. The van der Waals surface area contributed by atoms with Gasteiger partial charge in [-0.05, 0) is 111 Å². The van der Waals surface area contributed by atoms with Crippen LogP contribution in [-0.2, 0) is 14.9 Å². The number of ether oxygens (including phenoxy) is 2. The van der Waals surface area contributed by atoms with Crippen molar-refractivity contribution in [2.45, 2.75) is 102 Å². The Kier molecular flexibility index (Phi) is 9.67. The molecule has 4 saturated carbocycles. The largest absolute Gasteiger partial charge is 0.496 e. The Labute approximate surface area is 294 Å². The molecule has 9 nitrogen and oxygen atoms in total. The number of likely N-dealkylation sites (tertiary alicyclic amines) is 1. The number of aryl methyl sites for hydroxylation is 1. The van der Waals surface area contributed by atoms with E-state index in [1.54, 1.807) is 24.1 Å². The average molecular weight is 687 g/mol. The van der Waals surface area contributed by atoms with Crippen molar-refractivity contribution < 1.29 is 28.6 Å². The molecule has 0 spiro atoms. The minimum atomic E-state index is -0.484. The summed E-state index contributed by atoms with van der Waals surface area (Å²) in [6.07, 6.45) is 13.9. The number of halogens is 1. The van der Waals surface area contributed by atoms with E-state index in [9.17, 15) is 14.7 Å². The van der Waals surface area contributed by atoms with E-state index in [0.717, 1.165) is 93.1 Å². The van der Waals surface area contributed by atoms with E-state index >= 15 is 4.39 Å². The van der Waals surface area contributed by atoms with Gasteiger partial charge in [0.15, 0.2) is 0 Å². The maximum absolute atomic E-state index is 16.0. The molecule has 5 fully saturated rings. The summed E-state index contributed by atoms with van der Waals surface area (Å²) in [5.41, 5.74) is 4.60. The number of nitrogens with zero attached hydrogens (tertiary/aromatic N) is 4. The van der Waals surface area contributed by atoms with E-state index in [1.807, 2.05) is 24.1 Å². The topological polar surface area (TPSA) is 97.1 Å². The lowest BCUT2D eigenvalue weighted by molar-refractivity contribution is -0.124. The lowest BCUT2D eigenvalue weighted by Crippen LogP contribution is -2.53. The SMILES string of the molecule is COc1ccc(C23CCC(CN(C(=O)C4CCCCC4)c4cc(-c5cnn(C(C)COC(=O)N6CC(O)C6)c5)ccc4F)(CC2)CC3)cc1C. The number of aromatic nitrogens is 2. The first-order valence-corrected chi connectivity index (χ1v) is 18.5. The van der Waals surface area contributed by atoms with Gasteiger partial charge in [0.2, 0.25) is 5.91 Å². The highest BCUT2D eigenvalue weighted by molar-refractivity contribution is 5.96.